The average Bonchev–Trinajstić information content (AvgIpc) is 3.43. The number of aromatic nitrogens is 3. The van der Waals surface area contributed by atoms with Crippen molar-refractivity contribution in [2.45, 2.75) is 25.4 Å². The summed E-state index contributed by atoms with van der Waals surface area (Å²) < 4.78 is 16.3. The van der Waals surface area contributed by atoms with Gasteiger partial charge in [-0.1, -0.05) is 17.7 Å². The first kappa shape index (κ1) is 27.5. The third kappa shape index (κ3) is 6.24. The number of H-pyrrole nitrogens is 1. The van der Waals surface area contributed by atoms with Gasteiger partial charge >= 0.3 is 0 Å². The molecule has 0 aliphatic carbocycles. The predicted octanol–water partition coefficient (Wildman–Crippen LogP) is 4.50. The maximum atomic E-state index is 11.4. The minimum absolute atomic E-state index is 0.0346. The third-order valence-electron chi connectivity index (χ3n) is 7.04. The van der Waals surface area contributed by atoms with Crippen molar-refractivity contribution in [1.29, 1.82) is 0 Å². The number of hydrogen-bond acceptors (Lipinski definition) is 8. The molecule has 2 aromatic carbocycles. The van der Waals surface area contributed by atoms with Crippen LogP contribution in [0.3, 0.4) is 0 Å². The molecule has 1 saturated heterocycles. The molecule has 0 saturated carbocycles. The highest BCUT2D eigenvalue weighted by molar-refractivity contribution is 6.34. The second-order valence-corrected chi connectivity index (χ2v) is 10.0. The Balaban J connectivity index is 1.23. The van der Waals surface area contributed by atoms with E-state index < -0.39 is 0 Å². The van der Waals surface area contributed by atoms with Crippen molar-refractivity contribution in [3.8, 4) is 28.6 Å². The number of nitrogens with one attached hydrogen (secondary N) is 3. The summed E-state index contributed by atoms with van der Waals surface area (Å²) in [6.45, 7) is 2.74. The number of amides is 1. The number of anilines is 1. The van der Waals surface area contributed by atoms with Gasteiger partial charge < -0.3 is 29.8 Å². The molecule has 11 heteroatoms. The lowest BCUT2D eigenvalue weighted by Crippen LogP contribution is -2.38. The van der Waals surface area contributed by atoms with Crippen LogP contribution in [0.4, 0.5) is 5.69 Å². The van der Waals surface area contributed by atoms with Gasteiger partial charge in [0.05, 0.1) is 31.1 Å². The highest BCUT2D eigenvalue weighted by atomic mass is 35.5. The molecular weight excluding hydrogens is 532 g/mol. The Labute approximate surface area is 238 Å². The number of hydrogen-bond donors (Lipinski definition) is 3. The number of piperidine rings is 1. The van der Waals surface area contributed by atoms with Crippen LogP contribution in [0.25, 0.3) is 22.6 Å². The summed E-state index contributed by atoms with van der Waals surface area (Å²) in [4.78, 5) is 26.4. The number of likely N-dealkylation sites (N-methyl/N-ethyl adjacent to an activating group) is 1. The normalized spacial score (nSPS) is 14.2. The fraction of sp³-hybridized carbons (Fsp3) is 0.345. The molecular formula is C29H33ClN6O4. The Morgan fingerprint density at radius 2 is 1.85 bits per heavy atom. The van der Waals surface area contributed by atoms with E-state index in [4.69, 9.17) is 25.8 Å². The fourth-order valence-electron chi connectivity index (χ4n) is 4.82. The van der Waals surface area contributed by atoms with Crippen molar-refractivity contribution in [3.05, 3.63) is 59.2 Å². The first-order valence-electron chi connectivity index (χ1n) is 13.1. The Kier molecular flexibility index (Phi) is 8.57. The van der Waals surface area contributed by atoms with Crippen molar-refractivity contribution in [1.82, 2.24) is 25.2 Å². The number of carbonyl (C=O) groups is 1. The van der Waals surface area contributed by atoms with Crippen LogP contribution in [0, 0.1) is 0 Å². The molecule has 0 radical (unpaired) electrons. The zero-order valence-electron chi connectivity index (χ0n) is 22.8. The predicted molar refractivity (Wildman–Crippen MR) is 155 cm³/mol. The number of methoxy groups -OCH3 is 2. The third-order valence-corrected chi connectivity index (χ3v) is 7.33. The van der Waals surface area contributed by atoms with Gasteiger partial charge in [0.25, 0.3) is 5.91 Å². The second kappa shape index (κ2) is 12.4. The van der Waals surface area contributed by atoms with Crippen LogP contribution >= 0.6 is 11.6 Å². The van der Waals surface area contributed by atoms with E-state index in [-0.39, 0.29) is 18.6 Å². The lowest BCUT2D eigenvalue weighted by atomic mass is 10.0. The average molecular weight is 565 g/mol. The van der Waals surface area contributed by atoms with E-state index in [0.717, 1.165) is 60.7 Å². The highest BCUT2D eigenvalue weighted by Crippen LogP contribution is 2.33. The van der Waals surface area contributed by atoms with Crippen molar-refractivity contribution < 1.29 is 19.0 Å². The molecule has 0 atom stereocenters. The number of nitrogens with zero attached hydrogens (tertiary/aromatic N) is 3. The molecule has 0 unspecified atom stereocenters. The topological polar surface area (TPSA) is 114 Å². The van der Waals surface area contributed by atoms with Gasteiger partial charge in [-0.2, -0.15) is 0 Å². The Hall–Kier alpha value is -4.02. The van der Waals surface area contributed by atoms with Gasteiger partial charge in [0.1, 0.15) is 17.1 Å². The smallest absolute Gasteiger partial charge is 0.257 e. The maximum Gasteiger partial charge on any atom is 0.257 e. The Bertz CT molecular complexity index is 1470. The van der Waals surface area contributed by atoms with Crippen LogP contribution in [0.2, 0.25) is 5.02 Å². The minimum atomic E-state index is -0.187. The van der Waals surface area contributed by atoms with E-state index in [1.165, 1.54) is 5.56 Å². The number of imidazole rings is 1. The molecule has 1 fully saturated rings. The molecule has 3 heterocycles. The second-order valence-electron chi connectivity index (χ2n) is 9.64. The fourth-order valence-corrected chi connectivity index (χ4v) is 5.02. The molecule has 210 valence electrons. The van der Waals surface area contributed by atoms with E-state index in [0.29, 0.717) is 22.2 Å². The standard InChI is InChI=1S/C29H33ClN6O4/c1-31-25(37)17-40-21-7-5-19(6-8-21)28-34-27-26(22(30)15-32-29(27)35-28)33-20-10-12-36(13-11-20)16-18-4-9-23(38-2)24(14-18)39-3/h4-9,14-15,20H,10-13,16-17H2,1-3H3,(H,31,37)(H2,32,33,34,35). The van der Waals surface area contributed by atoms with Crippen LogP contribution in [-0.4, -0.2) is 72.8 Å². The van der Waals surface area contributed by atoms with E-state index in [1.807, 2.05) is 24.3 Å². The molecule has 3 N–H and O–H groups in total. The van der Waals surface area contributed by atoms with E-state index >= 15 is 0 Å². The largest absolute Gasteiger partial charge is 0.493 e. The molecule has 0 bridgehead atoms. The molecule has 1 amide bonds. The summed E-state index contributed by atoms with van der Waals surface area (Å²) in [5.41, 5.74) is 4.24. The van der Waals surface area contributed by atoms with Gasteiger partial charge in [0.15, 0.2) is 23.8 Å². The van der Waals surface area contributed by atoms with Crippen molar-refractivity contribution in [3.63, 3.8) is 0 Å². The molecule has 4 aromatic rings. The number of carbonyl (C=O) groups excluding carboxylic acids is 1. The summed E-state index contributed by atoms with van der Waals surface area (Å²) >= 11 is 6.61. The summed E-state index contributed by atoms with van der Waals surface area (Å²) in [6, 6.07) is 13.7. The van der Waals surface area contributed by atoms with E-state index in [1.54, 1.807) is 39.6 Å². The van der Waals surface area contributed by atoms with Gasteiger partial charge in [0.2, 0.25) is 0 Å². The van der Waals surface area contributed by atoms with Crippen LogP contribution in [0.1, 0.15) is 18.4 Å². The van der Waals surface area contributed by atoms with E-state index in [9.17, 15) is 4.79 Å². The van der Waals surface area contributed by atoms with Gasteiger partial charge in [-0.05, 0) is 54.8 Å². The molecule has 1 aliphatic rings. The number of pyridine rings is 1. The van der Waals surface area contributed by atoms with Gasteiger partial charge in [-0.25, -0.2) is 9.97 Å². The van der Waals surface area contributed by atoms with Crippen LogP contribution in [-0.2, 0) is 11.3 Å². The number of rotatable bonds is 10. The summed E-state index contributed by atoms with van der Waals surface area (Å²) in [7, 11) is 4.88. The summed E-state index contributed by atoms with van der Waals surface area (Å²) in [5.74, 6) is 2.57. The molecule has 2 aromatic heterocycles. The number of fused-ring (bicyclic) bond motifs is 1. The lowest BCUT2D eigenvalue weighted by Gasteiger charge is -2.33. The quantitative estimate of drug-likeness (QED) is 0.258. The number of benzene rings is 2. The van der Waals surface area contributed by atoms with Gasteiger partial charge in [0, 0.05) is 38.3 Å². The van der Waals surface area contributed by atoms with Crippen LogP contribution in [0.5, 0.6) is 17.2 Å². The summed E-state index contributed by atoms with van der Waals surface area (Å²) in [5, 5.41) is 6.73. The molecule has 5 rings (SSSR count). The molecule has 0 spiro atoms. The van der Waals surface area contributed by atoms with Crippen molar-refractivity contribution in [2.75, 3.05) is 46.3 Å². The van der Waals surface area contributed by atoms with Crippen molar-refractivity contribution >= 4 is 34.4 Å². The monoisotopic (exact) mass is 564 g/mol. The highest BCUT2D eigenvalue weighted by Gasteiger charge is 2.22. The summed E-state index contributed by atoms with van der Waals surface area (Å²) in [6.07, 6.45) is 3.59. The zero-order valence-corrected chi connectivity index (χ0v) is 23.5. The molecule has 10 nitrogen and oxygen atoms in total. The minimum Gasteiger partial charge on any atom is -0.493 e. The molecule has 1 aliphatic heterocycles. The van der Waals surface area contributed by atoms with Crippen molar-refractivity contribution in [2.24, 2.45) is 0 Å². The van der Waals surface area contributed by atoms with Crippen LogP contribution < -0.4 is 24.8 Å². The number of ether oxygens (including phenoxy) is 3. The molecule has 40 heavy (non-hydrogen) atoms. The van der Waals surface area contributed by atoms with Gasteiger partial charge in [-0.15, -0.1) is 0 Å². The zero-order chi connectivity index (χ0) is 28.1. The first-order chi connectivity index (χ1) is 19.5. The lowest BCUT2D eigenvalue weighted by molar-refractivity contribution is -0.122. The Morgan fingerprint density at radius 3 is 2.55 bits per heavy atom. The number of aromatic amines is 1. The Morgan fingerprint density at radius 1 is 1.10 bits per heavy atom. The first-order valence-corrected chi connectivity index (χ1v) is 13.5. The van der Waals surface area contributed by atoms with Gasteiger partial charge in [-0.3, -0.25) is 9.69 Å². The van der Waals surface area contributed by atoms with Crippen LogP contribution in [0.15, 0.2) is 48.7 Å². The SMILES string of the molecule is CNC(=O)COc1ccc(-c2nc3ncc(Cl)c(NC4CCN(Cc5ccc(OC)c(OC)c5)CC4)c3[nH]2)cc1. The number of halogens is 1. The maximum absolute atomic E-state index is 11.4. The number of likely N-dealkylation sites (tertiary alicyclic amines) is 1. The van der Waals surface area contributed by atoms with E-state index in [2.05, 4.69) is 36.6 Å².